The van der Waals surface area contributed by atoms with Crippen molar-refractivity contribution in [3.8, 4) is 11.5 Å². The number of ether oxygens (including phenoxy) is 2. The van der Waals surface area contributed by atoms with Crippen LogP contribution in [0.5, 0.6) is 11.5 Å². The van der Waals surface area contributed by atoms with Gasteiger partial charge in [0, 0.05) is 27.2 Å². The van der Waals surface area contributed by atoms with Crippen molar-refractivity contribution in [1.29, 1.82) is 0 Å². The average Bonchev–Trinajstić information content (AvgIpc) is 3.07. The molecule has 0 atom stereocenters. The average molecular weight is 618 g/mol. The number of carbonyl (C=O) groups is 3. The Morgan fingerprint density at radius 2 is 1.47 bits per heavy atom. The smallest absolute Gasteiger partial charge is 0.272 e. The Balaban J connectivity index is 1.30. The summed E-state index contributed by atoms with van der Waals surface area (Å²) in [5.74, 6) is 0.0974. The molecule has 0 radical (unpaired) electrons. The van der Waals surface area contributed by atoms with Crippen LogP contribution in [0.15, 0.2) is 126 Å². The van der Waals surface area contributed by atoms with Gasteiger partial charge in [0.1, 0.15) is 5.70 Å². The first-order valence-electron chi connectivity index (χ1n) is 14.1. The molecule has 5 aromatic carbocycles. The number of amides is 3. The molecule has 0 aliphatic heterocycles. The van der Waals surface area contributed by atoms with Crippen molar-refractivity contribution in [2.45, 2.75) is 4.90 Å². The van der Waals surface area contributed by atoms with E-state index in [1.807, 2.05) is 54.6 Å². The zero-order valence-corrected chi connectivity index (χ0v) is 25.5. The fraction of sp³-hybridized carbons (Fsp3) is 0.0833. The molecular weight excluding hydrogens is 586 g/mol. The Bertz CT molecular complexity index is 1870. The van der Waals surface area contributed by atoms with Crippen molar-refractivity contribution in [1.82, 2.24) is 5.32 Å². The van der Waals surface area contributed by atoms with E-state index in [0.717, 1.165) is 21.4 Å². The molecule has 0 saturated carbocycles. The number of hydrogen-bond acceptors (Lipinski definition) is 6. The SMILES string of the molecule is COc1ccc(/C=C(/NC(=O)c2ccccc2)C(=O)Nc2cccc(SCC(=O)Nc3cccc4ccccc34)c2)cc1OC. The molecular formula is C36H31N3O5S. The van der Waals surface area contributed by atoms with Gasteiger partial charge in [0.25, 0.3) is 11.8 Å². The Morgan fingerprint density at radius 3 is 2.27 bits per heavy atom. The monoisotopic (exact) mass is 617 g/mol. The van der Waals surface area contributed by atoms with E-state index in [0.29, 0.717) is 28.3 Å². The van der Waals surface area contributed by atoms with Gasteiger partial charge >= 0.3 is 0 Å². The lowest BCUT2D eigenvalue weighted by Gasteiger charge is -2.13. The minimum Gasteiger partial charge on any atom is -0.493 e. The standard InChI is InChI=1S/C36H31N3O5S/c1-43-32-19-18-24(21-33(32)44-2)20-31(39-35(41)26-11-4-3-5-12-26)36(42)37-27-14-9-15-28(22-27)45-23-34(40)38-30-17-8-13-25-10-6-7-16-29(25)30/h3-22H,23H2,1-2H3,(H,37,42)(H,38,40)(H,39,41)/b31-20+. The first-order valence-corrected chi connectivity index (χ1v) is 15.0. The first kappa shape index (κ1) is 30.9. The number of nitrogens with one attached hydrogen (secondary N) is 3. The molecule has 9 heteroatoms. The maximum Gasteiger partial charge on any atom is 0.272 e. The number of thioether (sulfide) groups is 1. The number of hydrogen-bond donors (Lipinski definition) is 3. The van der Waals surface area contributed by atoms with Gasteiger partial charge in [-0.1, -0.05) is 66.7 Å². The van der Waals surface area contributed by atoms with Crippen LogP contribution in [0.25, 0.3) is 16.8 Å². The largest absolute Gasteiger partial charge is 0.493 e. The molecule has 0 unspecified atom stereocenters. The van der Waals surface area contributed by atoms with E-state index in [4.69, 9.17) is 9.47 Å². The molecule has 0 aliphatic rings. The Morgan fingerprint density at radius 1 is 0.733 bits per heavy atom. The van der Waals surface area contributed by atoms with Crippen LogP contribution in [0.4, 0.5) is 11.4 Å². The van der Waals surface area contributed by atoms with Crippen LogP contribution in [-0.2, 0) is 9.59 Å². The topological polar surface area (TPSA) is 106 Å². The highest BCUT2D eigenvalue weighted by Crippen LogP contribution is 2.29. The van der Waals surface area contributed by atoms with E-state index in [9.17, 15) is 14.4 Å². The second-order valence-electron chi connectivity index (χ2n) is 9.84. The van der Waals surface area contributed by atoms with Crippen LogP contribution in [0.1, 0.15) is 15.9 Å². The van der Waals surface area contributed by atoms with Gasteiger partial charge in [-0.3, -0.25) is 14.4 Å². The summed E-state index contributed by atoms with van der Waals surface area (Å²) in [6.07, 6.45) is 1.56. The third kappa shape index (κ3) is 8.10. The lowest BCUT2D eigenvalue weighted by atomic mass is 10.1. The highest BCUT2D eigenvalue weighted by Gasteiger charge is 2.16. The second kappa shape index (κ2) is 14.8. The summed E-state index contributed by atoms with van der Waals surface area (Å²) in [4.78, 5) is 40.1. The van der Waals surface area contributed by atoms with E-state index >= 15 is 0 Å². The van der Waals surface area contributed by atoms with Gasteiger partial charge in [0.05, 0.1) is 20.0 Å². The molecule has 0 aliphatic carbocycles. The number of fused-ring (bicyclic) bond motifs is 1. The maximum absolute atomic E-state index is 13.5. The molecule has 0 heterocycles. The lowest BCUT2D eigenvalue weighted by Crippen LogP contribution is -2.30. The van der Waals surface area contributed by atoms with Crippen molar-refractivity contribution >= 4 is 57.7 Å². The molecule has 226 valence electrons. The fourth-order valence-corrected chi connectivity index (χ4v) is 5.34. The second-order valence-corrected chi connectivity index (χ2v) is 10.9. The van der Waals surface area contributed by atoms with Crippen LogP contribution in [-0.4, -0.2) is 37.7 Å². The molecule has 45 heavy (non-hydrogen) atoms. The summed E-state index contributed by atoms with van der Waals surface area (Å²) in [6.45, 7) is 0. The van der Waals surface area contributed by atoms with Crippen LogP contribution in [0.2, 0.25) is 0 Å². The Labute approximate surface area is 265 Å². The van der Waals surface area contributed by atoms with Crippen molar-refractivity contribution in [3.63, 3.8) is 0 Å². The van der Waals surface area contributed by atoms with Crippen molar-refractivity contribution in [2.75, 3.05) is 30.6 Å². The minimum atomic E-state index is -0.523. The normalized spacial score (nSPS) is 11.0. The minimum absolute atomic E-state index is 0.0311. The van der Waals surface area contributed by atoms with Gasteiger partial charge < -0.3 is 25.4 Å². The number of carbonyl (C=O) groups excluding carboxylic acids is 3. The van der Waals surface area contributed by atoms with Crippen LogP contribution in [0, 0.1) is 0 Å². The van der Waals surface area contributed by atoms with Crippen LogP contribution >= 0.6 is 11.8 Å². The fourth-order valence-electron chi connectivity index (χ4n) is 4.58. The molecule has 5 rings (SSSR count). The molecule has 5 aromatic rings. The van der Waals surface area contributed by atoms with E-state index in [-0.39, 0.29) is 17.4 Å². The van der Waals surface area contributed by atoms with E-state index in [2.05, 4.69) is 16.0 Å². The number of anilines is 2. The summed E-state index contributed by atoms with van der Waals surface area (Å²) in [5, 5.41) is 10.6. The van der Waals surface area contributed by atoms with Gasteiger partial charge in [-0.05, 0) is 65.6 Å². The molecule has 3 amide bonds. The van der Waals surface area contributed by atoms with Crippen molar-refractivity contribution in [3.05, 3.63) is 132 Å². The summed E-state index contributed by atoms with van der Waals surface area (Å²) in [5.41, 5.74) is 2.32. The Kier molecular flexibility index (Phi) is 10.1. The van der Waals surface area contributed by atoms with Gasteiger partial charge in [-0.2, -0.15) is 0 Å². The highest BCUT2D eigenvalue weighted by molar-refractivity contribution is 8.00. The lowest BCUT2D eigenvalue weighted by molar-refractivity contribution is -0.114. The van der Waals surface area contributed by atoms with Crippen LogP contribution < -0.4 is 25.4 Å². The van der Waals surface area contributed by atoms with Gasteiger partial charge in [-0.25, -0.2) is 0 Å². The van der Waals surface area contributed by atoms with Gasteiger partial charge in [0.15, 0.2) is 11.5 Å². The summed E-state index contributed by atoms with van der Waals surface area (Å²) >= 11 is 1.35. The van der Waals surface area contributed by atoms with Gasteiger partial charge in [0.2, 0.25) is 5.91 Å². The third-order valence-electron chi connectivity index (χ3n) is 6.77. The predicted octanol–water partition coefficient (Wildman–Crippen LogP) is 7.00. The zero-order chi connectivity index (χ0) is 31.6. The number of benzene rings is 5. The quantitative estimate of drug-likeness (QED) is 0.109. The third-order valence-corrected chi connectivity index (χ3v) is 7.77. The molecule has 8 nitrogen and oxygen atoms in total. The summed E-state index contributed by atoms with van der Waals surface area (Å²) in [7, 11) is 3.06. The number of rotatable bonds is 11. The molecule has 0 aromatic heterocycles. The zero-order valence-electron chi connectivity index (χ0n) is 24.7. The van der Waals surface area contributed by atoms with Gasteiger partial charge in [-0.15, -0.1) is 11.8 Å². The maximum atomic E-state index is 13.5. The molecule has 0 spiro atoms. The Hall–Kier alpha value is -5.54. The predicted molar refractivity (Wildman–Crippen MR) is 180 cm³/mol. The number of methoxy groups -OCH3 is 2. The van der Waals surface area contributed by atoms with Crippen molar-refractivity contribution in [2.24, 2.45) is 0 Å². The summed E-state index contributed by atoms with van der Waals surface area (Å²) in [6, 6.07) is 34.7. The molecule has 0 fully saturated rings. The highest BCUT2D eigenvalue weighted by atomic mass is 32.2. The molecule has 0 saturated heterocycles. The molecule has 3 N–H and O–H groups in total. The van der Waals surface area contributed by atoms with Crippen LogP contribution in [0.3, 0.4) is 0 Å². The van der Waals surface area contributed by atoms with E-state index < -0.39 is 11.8 Å². The first-order chi connectivity index (χ1) is 21.9. The van der Waals surface area contributed by atoms with E-state index in [1.165, 1.54) is 26.0 Å². The van der Waals surface area contributed by atoms with E-state index in [1.54, 1.807) is 66.7 Å². The molecule has 0 bridgehead atoms. The van der Waals surface area contributed by atoms with Crippen molar-refractivity contribution < 1.29 is 23.9 Å². The summed E-state index contributed by atoms with van der Waals surface area (Å²) < 4.78 is 10.7.